The van der Waals surface area contributed by atoms with Gasteiger partial charge in [-0.3, -0.25) is 0 Å². The van der Waals surface area contributed by atoms with Crippen LogP contribution in [0.5, 0.6) is 0 Å². The molecule has 0 aromatic heterocycles. The number of hydrogen-bond acceptors (Lipinski definition) is 1. The van der Waals surface area contributed by atoms with Crippen molar-refractivity contribution in [2.45, 2.75) is 19.4 Å². The number of hydrogen-bond donors (Lipinski definition) is 0. The van der Waals surface area contributed by atoms with Gasteiger partial charge in [0.2, 0.25) is 0 Å². The van der Waals surface area contributed by atoms with Gasteiger partial charge >= 0.3 is 0 Å². The van der Waals surface area contributed by atoms with Crippen molar-refractivity contribution >= 4 is 33.4 Å². The molecular formula is C14H15IO. The van der Waals surface area contributed by atoms with E-state index >= 15 is 0 Å². The molecule has 0 saturated carbocycles. The Balaban J connectivity index is 2.69. The molecular weight excluding hydrogens is 311 g/mol. The van der Waals surface area contributed by atoms with Gasteiger partial charge in [-0.1, -0.05) is 37.3 Å². The molecule has 2 rings (SSSR count). The topological polar surface area (TPSA) is 9.23 Å². The largest absolute Gasteiger partial charge is 0.377 e. The Morgan fingerprint density at radius 1 is 1.19 bits per heavy atom. The van der Waals surface area contributed by atoms with Crippen LogP contribution in [0.4, 0.5) is 0 Å². The van der Waals surface area contributed by atoms with Crippen LogP contribution >= 0.6 is 22.6 Å². The van der Waals surface area contributed by atoms with E-state index in [0.29, 0.717) is 0 Å². The van der Waals surface area contributed by atoms with Crippen LogP contribution in [0.1, 0.15) is 25.0 Å². The molecule has 1 nitrogen and oxygen atoms in total. The zero-order valence-electron chi connectivity index (χ0n) is 9.53. The number of benzene rings is 2. The first-order valence-corrected chi connectivity index (χ1v) is 6.55. The van der Waals surface area contributed by atoms with E-state index in [4.69, 9.17) is 4.74 Å². The van der Waals surface area contributed by atoms with E-state index in [2.05, 4.69) is 65.9 Å². The lowest BCUT2D eigenvalue weighted by Crippen LogP contribution is -2.01. The number of fused-ring (bicyclic) bond motifs is 1. The van der Waals surface area contributed by atoms with Gasteiger partial charge in [-0.2, -0.15) is 0 Å². The lowest BCUT2D eigenvalue weighted by molar-refractivity contribution is 0.101. The van der Waals surface area contributed by atoms with Crippen LogP contribution in [0.2, 0.25) is 0 Å². The van der Waals surface area contributed by atoms with Crippen LogP contribution in [-0.4, -0.2) is 7.11 Å². The lowest BCUT2D eigenvalue weighted by atomic mass is 9.99. The highest BCUT2D eigenvalue weighted by atomic mass is 127. The summed E-state index contributed by atoms with van der Waals surface area (Å²) < 4.78 is 6.84. The molecule has 0 amide bonds. The molecule has 0 aliphatic heterocycles. The first kappa shape index (κ1) is 11.9. The predicted molar refractivity (Wildman–Crippen MR) is 76.7 cm³/mol. The minimum Gasteiger partial charge on any atom is -0.377 e. The molecule has 0 saturated heterocycles. The SMILES string of the molecule is CC[C@H](OC)c1cccc2cccc(I)c12. The molecule has 0 radical (unpaired) electrons. The summed E-state index contributed by atoms with van der Waals surface area (Å²) in [6.07, 6.45) is 1.19. The fraction of sp³-hybridized carbons (Fsp3) is 0.286. The molecule has 2 aromatic carbocycles. The van der Waals surface area contributed by atoms with Crippen LogP contribution in [0.25, 0.3) is 10.8 Å². The summed E-state index contributed by atoms with van der Waals surface area (Å²) >= 11 is 2.39. The first-order valence-electron chi connectivity index (χ1n) is 5.47. The zero-order chi connectivity index (χ0) is 11.5. The minimum absolute atomic E-state index is 0.194. The quantitative estimate of drug-likeness (QED) is 0.753. The highest BCUT2D eigenvalue weighted by Crippen LogP contribution is 2.31. The average molecular weight is 326 g/mol. The van der Waals surface area contributed by atoms with Crippen molar-refractivity contribution in [3.05, 3.63) is 45.5 Å². The normalized spacial score (nSPS) is 12.9. The maximum Gasteiger partial charge on any atom is 0.0824 e. The molecule has 0 aliphatic carbocycles. The molecule has 2 aromatic rings. The lowest BCUT2D eigenvalue weighted by Gasteiger charge is -2.16. The third-order valence-corrected chi connectivity index (χ3v) is 3.79. The molecule has 0 bridgehead atoms. The molecule has 0 aliphatic rings. The summed E-state index contributed by atoms with van der Waals surface area (Å²) in [5.74, 6) is 0. The van der Waals surface area contributed by atoms with Crippen molar-refractivity contribution in [3.63, 3.8) is 0 Å². The molecule has 0 N–H and O–H groups in total. The average Bonchev–Trinajstić information content (AvgIpc) is 2.31. The van der Waals surface area contributed by atoms with E-state index in [1.807, 2.05) is 0 Å². The number of halogens is 1. The summed E-state index contributed by atoms with van der Waals surface area (Å²) in [7, 11) is 1.78. The Morgan fingerprint density at radius 2 is 1.88 bits per heavy atom. The molecule has 84 valence electrons. The minimum atomic E-state index is 0.194. The smallest absolute Gasteiger partial charge is 0.0824 e. The fourth-order valence-electron chi connectivity index (χ4n) is 2.10. The van der Waals surface area contributed by atoms with Gasteiger partial charge in [0.25, 0.3) is 0 Å². The highest BCUT2D eigenvalue weighted by molar-refractivity contribution is 14.1. The molecule has 0 fully saturated rings. The second-order valence-electron chi connectivity index (χ2n) is 3.82. The first-order chi connectivity index (χ1) is 7.77. The highest BCUT2D eigenvalue weighted by Gasteiger charge is 2.12. The van der Waals surface area contributed by atoms with E-state index < -0.39 is 0 Å². The maximum absolute atomic E-state index is 5.55. The fourth-order valence-corrected chi connectivity index (χ4v) is 2.94. The molecule has 0 unspecified atom stereocenters. The number of methoxy groups -OCH3 is 1. The van der Waals surface area contributed by atoms with Gasteiger partial charge in [0.15, 0.2) is 0 Å². The molecule has 16 heavy (non-hydrogen) atoms. The van der Waals surface area contributed by atoms with Crippen molar-refractivity contribution < 1.29 is 4.74 Å². The van der Waals surface area contributed by atoms with Gasteiger partial charge in [0.1, 0.15) is 0 Å². The van der Waals surface area contributed by atoms with Crippen LogP contribution in [-0.2, 0) is 4.74 Å². The number of ether oxygens (including phenoxy) is 1. The Bertz CT molecular complexity index is 484. The van der Waals surface area contributed by atoms with E-state index in [-0.39, 0.29) is 6.10 Å². The second kappa shape index (κ2) is 5.15. The summed E-state index contributed by atoms with van der Waals surface area (Å²) in [5, 5.41) is 2.62. The van der Waals surface area contributed by atoms with E-state index in [1.54, 1.807) is 7.11 Å². The maximum atomic E-state index is 5.55. The van der Waals surface area contributed by atoms with Gasteiger partial charge in [0.05, 0.1) is 6.10 Å². The van der Waals surface area contributed by atoms with Crippen LogP contribution < -0.4 is 0 Å². The monoisotopic (exact) mass is 326 g/mol. The van der Waals surface area contributed by atoms with Gasteiger partial charge < -0.3 is 4.74 Å². The van der Waals surface area contributed by atoms with Crippen LogP contribution in [0.3, 0.4) is 0 Å². The standard InChI is InChI=1S/C14H15IO/c1-3-13(16-2)11-8-4-6-10-7-5-9-12(15)14(10)11/h4-9,13H,3H2,1-2H3/t13-/m0/s1. The third-order valence-electron chi connectivity index (χ3n) is 2.89. The summed E-state index contributed by atoms with van der Waals surface area (Å²) in [6.45, 7) is 2.16. The van der Waals surface area contributed by atoms with Crippen molar-refractivity contribution in [1.29, 1.82) is 0 Å². The Labute approximate surface area is 110 Å². The van der Waals surface area contributed by atoms with Gasteiger partial charge in [0, 0.05) is 16.1 Å². The second-order valence-corrected chi connectivity index (χ2v) is 4.98. The third kappa shape index (κ3) is 2.09. The van der Waals surface area contributed by atoms with Crippen LogP contribution in [0.15, 0.2) is 36.4 Å². The van der Waals surface area contributed by atoms with E-state index in [1.165, 1.54) is 19.9 Å². The Kier molecular flexibility index (Phi) is 3.82. The molecule has 0 heterocycles. The molecule has 0 spiro atoms. The Hall–Kier alpha value is -0.610. The van der Waals surface area contributed by atoms with Crippen molar-refractivity contribution in [2.75, 3.05) is 7.11 Å². The van der Waals surface area contributed by atoms with E-state index in [0.717, 1.165) is 6.42 Å². The van der Waals surface area contributed by atoms with Gasteiger partial charge in [-0.25, -0.2) is 0 Å². The van der Waals surface area contributed by atoms with Gasteiger partial charge in [-0.05, 0) is 46.0 Å². The summed E-state index contributed by atoms with van der Waals surface area (Å²) in [5.41, 5.74) is 1.30. The van der Waals surface area contributed by atoms with E-state index in [9.17, 15) is 0 Å². The number of rotatable bonds is 3. The van der Waals surface area contributed by atoms with Gasteiger partial charge in [-0.15, -0.1) is 0 Å². The molecule has 1 atom stereocenters. The van der Waals surface area contributed by atoms with Crippen LogP contribution in [0, 0.1) is 3.57 Å². The van der Waals surface area contributed by atoms with Crippen molar-refractivity contribution in [3.8, 4) is 0 Å². The predicted octanol–water partition coefficient (Wildman–Crippen LogP) is 4.54. The summed E-state index contributed by atoms with van der Waals surface area (Å²) in [6, 6.07) is 12.8. The Morgan fingerprint density at radius 3 is 2.50 bits per heavy atom. The molecule has 2 heteroatoms. The van der Waals surface area contributed by atoms with Crippen molar-refractivity contribution in [2.24, 2.45) is 0 Å². The zero-order valence-corrected chi connectivity index (χ0v) is 11.7. The van der Waals surface area contributed by atoms with Crippen molar-refractivity contribution in [1.82, 2.24) is 0 Å². The summed E-state index contributed by atoms with van der Waals surface area (Å²) in [4.78, 5) is 0.